The number of carbonyl (C=O) groups is 2. The fourth-order valence-electron chi connectivity index (χ4n) is 1.40. The molecular formula is C12H23ClN2O2. The highest BCUT2D eigenvalue weighted by molar-refractivity contribution is 6.31. The molecule has 0 saturated carbocycles. The average molecular weight is 263 g/mol. The van der Waals surface area contributed by atoms with Gasteiger partial charge in [-0.3, -0.25) is 10.1 Å². The summed E-state index contributed by atoms with van der Waals surface area (Å²) in [6.07, 6.45) is 3.13. The maximum atomic E-state index is 11.8. The summed E-state index contributed by atoms with van der Waals surface area (Å²) in [5.74, 6) is -0.446. The van der Waals surface area contributed by atoms with Crippen LogP contribution in [0.3, 0.4) is 0 Å². The Morgan fingerprint density at radius 2 is 1.82 bits per heavy atom. The minimum absolute atomic E-state index is 0.0743. The number of hydrogen-bond donors (Lipinski definition) is 1. The van der Waals surface area contributed by atoms with Gasteiger partial charge >= 0.3 is 6.03 Å². The van der Waals surface area contributed by atoms with Gasteiger partial charge < -0.3 is 4.90 Å². The predicted molar refractivity (Wildman–Crippen MR) is 70.2 cm³/mol. The first kappa shape index (κ1) is 16.2. The molecule has 100 valence electrons. The molecule has 0 bridgehead atoms. The highest BCUT2D eigenvalue weighted by atomic mass is 35.5. The third kappa shape index (κ3) is 6.51. The van der Waals surface area contributed by atoms with Crippen molar-refractivity contribution >= 4 is 23.5 Å². The molecule has 0 radical (unpaired) electrons. The maximum absolute atomic E-state index is 11.8. The molecule has 3 amide bonds. The van der Waals surface area contributed by atoms with E-state index in [4.69, 9.17) is 11.6 Å². The van der Waals surface area contributed by atoms with E-state index < -0.39 is 11.3 Å². The van der Waals surface area contributed by atoms with Gasteiger partial charge in [-0.05, 0) is 27.2 Å². The molecule has 5 heteroatoms. The molecule has 0 heterocycles. The first-order chi connectivity index (χ1) is 7.90. The number of nitrogens with one attached hydrogen (secondary N) is 1. The summed E-state index contributed by atoms with van der Waals surface area (Å²) in [6.45, 7) is 8.18. The fraction of sp³-hybridized carbons (Fsp3) is 0.833. The van der Waals surface area contributed by atoms with Crippen LogP contribution in [0.4, 0.5) is 4.79 Å². The summed E-state index contributed by atoms with van der Waals surface area (Å²) in [7, 11) is 0. The average Bonchev–Trinajstić information content (AvgIpc) is 2.23. The van der Waals surface area contributed by atoms with E-state index in [9.17, 15) is 9.59 Å². The van der Waals surface area contributed by atoms with Crippen LogP contribution in [0.25, 0.3) is 0 Å². The molecule has 0 aliphatic heterocycles. The van der Waals surface area contributed by atoms with Crippen molar-refractivity contribution in [3.8, 4) is 0 Å². The van der Waals surface area contributed by atoms with E-state index in [0.29, 0.717) is 6.54 Å². The first-order valence-electron chi connectivity index (χ1n) is 6.15. The van der Waals surface area contributed by atoms with Crippen LogP contribution in [0.1, 0.15) is 47.0 Å². The summed E-state index contributed by atoms with van der Waals surface area (Å²) < 4.78 is 0. The zero-order valence-electron chi connectivity index (χ0n) is 11.1. The van der Waals surface area contributed by atoms with Crippen LogP contribution in [0.2, 0.25) is 0 Å². The quantitative estimate of drug-likeness (QED) is 0.591. The summed E-state index contributed by atoms with van der Waals surface area (Å²) in [5.41, 5.74) is 0. The number of amides is 3. The second-order valence-corrected chi connectivity index (χ2v) is 5.06. The van der Waals surface area contributed by atoms with Crippen molar-refractivity contribution in [3.05, 3.63) is 0 Å². The summed E-state index contributed by atoms with van der Waals surface area (Å²) >= 11 is 5.60. The maximum Gasteiger partial charge on any atom is 0.324 e. The Kier molecular flexibility index (Phi) is 7.96. The Balaban J connectivity index is 4.29. The van der Waals surface area contributed by atoms with Gasteiger partial charge in [0.05, 0.1) is 0 Å². The second-order valence-electron chi connectivity index (χ2n) is 4.40. The van der Waals surface area contributed by atoms with Crippen LogP contribution in [0, 0.1) is 0 Å². The van der Waals surface area contributed by atoms with Crippen LogP contribution < -0.4 is 5.32 Å². The second kappa shape index (κ2) is 8.34. The molecule has 17 heavy (non-hydrogen) atoms. The number of hydrogen-bond acceptors (Lipinski definition) is 2. The Hall–Kier alpha value is -0.770. The predicted octanol–water partition coefficient (Wildman–Crippen LogP) is 2.75. The molecule has 0 spiro atoms. The van der Waals surface area contributed by atoms with E-state index in [2.05, 4.69) is 12.2 Å². The van der Waals surface area contributed by atoms with Gasteiger partial charge in [0.15, 0.2) is 0 Å². The zero-order valence-corrected chi connectivity index (χ0v) is 11.9. The third-order valence-electron chi connectivity index (χ3n) is 2.48. The number of rotatable bonds is 6. The number of nitrogens with zero attached hydrogens (tertiary/aromatic N) is 1. The Morgan fingerprint density at radius 1 is 1.24 bits per heavy atom. The van der Waals surface area contributed by atoms with Crippen LogP contribution in [-0.2, 0) is 4.79 Å². The van der Waals surface area contributed by atoms with Crippen LogP contribution >= 0.6 is 11.6 Å². The molecule has 1 unspecified atom stereocenters. The van der Waals surface area contributed by atoms with Crippen molar-refractivity contribution in [3.63, 3.8) is 0 Å². The monoisotopic (exact) mass is 262 g/mol. The number of carbonyl (C=O) groups excluding carboxylic acids is 2. The first-order valence-corrected chi connectivity index (χ1v) is 6.59. The molecule has 4 nitrogen and oxygen atoms in total. The molecule has 1 N–H and O–H groups in total. The van der Waals surface area contributed by atoms with Crippen LogP contribution in [0.15, 0.2) is 0 Å². The van der Waals surface area contributed by atoms with Gasteiger partial charge in [0, 0.05) is 12.6 Å². The molecule has 0 aliphatic rings. The van der Waals surface area contributed by atoms with E-state index in [-0.39, 0.29) is 12.1 Å². The van der Waals surface area contributed by atoms with Gasteiger partial charge in [-0.1, -0.05) is 19.8 Å². The molecule has 0 aromatic carbocycles. The lowest BCUT2D eigenvalue weighted by Gasteiger charge is -2.26. The molecular weight excluding hydrogens is 240 g/mol. The molecule has 0 aromatic rings. The number of halogens is 1. The molecule has 1 atom stereocenters. The van der Waals surface area contributed by atoms with E-state index >= 15 is 0 Å². The van der Waals surface area contributed by atoms with E-state index in [1.807, 2.05) is 13.8 Å². The lowest BCUT2D eigenvalue weighted by molar-refractivity contribution is -0.119. The van der Waals surface area contributed by atoms with E-state index in [1.165, 1.54) is 0 Å². The normalized spacial score (nSPS) is 12.4. The molecule has 0 fully saturated rings. The summed E-state index contributed by atoms with van der Waals surface area (Å²) in [6, 6.07) is -0.279. The van der Waals surface area contributed by atoms with Gasteiger partial charge in [0.2, 0.25) is 5.91 Å². The van der Waals surface area contributed by atoms with Crippen LogP contribution in [-0.4, -0.2) is 34.8 Å². The standard InChI is InChI=1S/C12H23ClN2O2/c1-5-6-7-8-15(9(2)3)12(17)14-11(16)10(4)13/h9-10H,5-8H2,1-4H3,(H,14,16,17). The smallest absolute Gasteiger partial charge is 0.322 e. The van der Waals surface area contributed by atoms with Crippen molar-refractivity contribution < 1.29 is 9.59 Å². The van der Waals surface area contributed by atoms with Crippen molar-refractivity contribution in [1.82, 2.24) is 10.2 Å². The fourth-order valence-corrected chi connectivity index (χ4v) is 1.46. The Bertz CT molecular complexity index is 255. The molecule has 0 aromatic heterocycles. The lowest BCUT2D eigenvalue weighted by Crippen LogP contribution is -2.48. The highest BCUT2D eigenvalue weighted by Gasteiger charge is 2.20. The van der Waals surface area contributed by atoms with Gasteiger partial charge in [-0.25, -0.2) is 4.79 Å². The molecule has 0 saturated heterocycles. The van der Waals surface area contributed by atoms with Gasteiger partial charge in [0.1, 0.15) is 5.38 Å². The van der Waals surface area contributed by atoms with Crippen molar-refractivity contribution in [2.24, 2.45) is 0 Å². The zero-order chi connectivity index (χ0) is 13.4. The third-order valence-corrected chi connectivity index (χ3v) is 2.68. The highest BCUT2D eigenvalue weighted by Crippen LogP contribution is 2.04. The lowest BCUT2D eigenvalue weighted by atomic mass is 10.2. The van der Waals surface area contributed by atoms with Crippen molar-refractivity contribution in [2.75, 3.05) is 6.54 Å². The number of imide groups is 1. The largest absolute Gasteiger partial charge is 0.324 e. The Morgan fingerprint density at radius 3 is 2.24 bits per heavy atom. The minimum Gasteiger partial charge on any atom is -0.322 e. The van der Waals surface area contributed by atoms with Gasteiger partial charge in [-0.2, -0.15) is 0 Å². The van der Waals surface area contributed by atoms with Gasteiger partial charge in [0.25, 0.3) is 0 Å². The van der Waals surface area contributed by atoms with E-state index in [0.717, 1.165) is 19.3 Å². The molecule has 0 rings (SSSR count). The van der Waals surface area contributed by atoms with Gasteiger partial charge in [-0.15, -0.1) is 11.6 Å². The van der Waals surface area contributed by atoms with Crippen LogP contribution in [0.5, 0.6) is 0 Å². The van der Waals surface area contributed by atoms with Crippen molar-refractivity contribution in [2.45, 2.75) is 58.4 Å². The molecule has 0 aliphatic carbocycles. The number of alkyl halides is 1. The minimum atomic E-state index is -0.691. The topological polar surface area (TPSA) is 49.4 Å². The number of urea groups is 1. The summed E-state index contributed by atoms with van der Waals surface area (Å²) in [4.78, 5) is 24.8. The SMILES string of the molecule is CCCCCN(C(=O)NC(=O)C(C)Cl)C(C)C. The van der Waals surface area contributed by atoms with E-state index in [1.54, 1.807) is 11.8 Å². The number of unbranched alkanes of at least 4 members (excludes halogenated alkanes) is 2. The Labute approximate surface area is 109 Å². The van der Waals surface area contributed by atoms with Crippen molar-refractivity contribution in [1.29, 1.82) is 0 Å². The summed E-state index contributed by atoms with van der Waals surface area (Å²) in [5, 5.41) is 1.61.